The van der Waals surface area contributed by atoms with Crippen molar-refractivity contribution in [3.8, 4) is 5.75 Å². The monoisotopic (exact) mass is 508 g/mol. The molecule has 35 heavy (non-hydrogen) atoms. The summed E-state index contributed by atoms with van der Waals surface area (Å²) in [5.74, 6) is -0.505. The van der Waals surface area contributed by atoms with Gasteiger partial charge in [0.15, 0.2) is 6.29 Å². The van der Waals surface area contributed by atoms with Gasteiger partial charge in [-0.15, -0.1) is 0 Å². The largest absolute Gasteiger partial charge is 0.487 e. The fourth-order valence-electron chi connectivity index (χ4n) is 3.22. The Bertz CT molecular complexity index is 1050. The third kappa shape index (κ3) is 9.48. The first-order valence-corrected chi connectivity index (χ1v) is 13.0. The first-order chi connectivity index (χ1) is 16.4. The zero-order valence-electron chi connectivity index (χ0n) is 20.9. The molecule has 0 radical (unpaired) electrons. The Balaban J connectivity index is 2.34. The van der Waals surface area contributed by atoms with Crippen molar-refractivity contribution in [2.24, 2.45) is 0 Å². The number of carbonyl (C=O) groups excluding carboxylic acids is 1. The normalized spacial score (nSPS) is 13.0. The van der Waals surface area contributed by atoms with Crippen LogP contribution in [0.3, 0.4) is 0 Å². The molecule has 0 spiro atoms. The molecule has 194 valence electrons. The van der Waals surface area contributed by atoms with Gasteiger partial charge in [-0.2, -0.15) is 0 Å². The SMILES string of the molecule is CCOC(OCC)C(CC(=O)OC(C)(C)C)NS(=O)(=O)c1ccc(N)cc1OCc1ccccc1. The molecule has 0 bridgehead atoms. The minimum atomic E-state index is -4.18. The smallest absolute Gasteiger partial charge is 0.308 e. The van der Waals surface area contributed by atoms with E-state index < -0.39 is 33.9 Å². The minimum Gasteiger partial charge on any atom is -0.487 e. The molecule has 0 saturated carbocycles. The molecule has 1 unspecified atom stereocenters. The Morgan fingerprint density at radius 3 is 2.23 bits per heavy atom. The van der Waals surface area contributed by atoms with Gasteiger partial charge in [0.1, 0.15) is 22.9 Å². The zero-order chi connectivity index (χ0) is 26.1. The van der Waals surface area contributed by atoms with E-state index in [0.717, 1.165) is 5.56 Å². The van der Waals surface area contributed by atoms with Gasteiger partial charge in [0.05, 0.1) is 12.5 Å². The van der Waals surface area contributed by atoms with Crippen molar-refractivity contribution in [2.45, 2.75) is 70.5 Å². The maximum absolute atomic E-state index is 13.5. The van der Waals surface area contributed by atoms with Gasteiger partial charge in [-0.25, -0.2) is 13.1 Å². The number of nitrogens with two attached hydrogens (primary N) is 1. The van der Waals surface area contributed by atoms with E-state index in [0.29, 0.717) is 5.69 Å². The number of hydrogen-bond donors (Lipinski definition) is 2. The van der Waals surface area contributed by atoms with Gasteiger partial charge in [0.25, 0.3) is 0 Å². The van der Waals surface area contributed by atoms with Crippen LogP contribution in [-0.4, -0.2) is 45.5 Å². The molecule has 10 heteroatoms. The highest BCUT2D eigenvalue weighted by Crippen LogP contribution is 2.28. The Morgan fingerprint density at radius 1 is 1.03 bits per heavy atom. The quantitative estimate of drug-likeness (QED) is 0.239. The minimum absolute atomic E-state index is 0.0849. The number of rotatable bonds is 13. The first kappa shape index (κ1) is 28.6. The van der Waals surface area contributed by atoms with E-state index in [2.05, 4.69) is 4.72 Å². The molecule has 9 nitrogen and oxygen atoms in total. The highest BCUT2D eigenvalue weighted by molar-refractivity contribution is 7.89. The van der Waals surface area contributed by atoms with Gasteiger partial charge in [-0.3, -0.25) is 4.79 Å². The third-order valence-electron chi connectivity index (χ3n) is 4.60. The Morgan fingerprint density at radius 2 is 1.66 bits per heavy atom. The van der Waals surface area contributed by atoms with Gasteiger partial charge in [-0.05, 0) is 52.3 Å². The summed E-state index contributed by atoms with van der Waals surface area (Å²) in [4.78, 5) is 12.4. The first-order valence-electron chi connectivity index (χ1n) is 11.5. The molecule has 0 aromatic heterocycles. The zero-order valence-corrected chi connectivity index (χ0v) is 21.8. The van der Waals surface area contributed by atoms with Crippen LogP contribution in [0.5, 0.6) is 5.75 Å². The van der Waals surface area contributed by atoms with E-state index in [1.165, 1.54) is 18.2 Å². The van der Waals surface area contributed by atoms with Crippen LogP contribution in [0.2, 0.25) is 0 Å². The highest BCUT2D eigenvalue weighted by atomic mass is 32.2. The topological polar surface area (TPSA) is 126 Å². The van der Waals surface area contributed by atoms with Crippen molar-refractivity contribution in [1.29, 1.82) is 0 Å². The Hall–Kier alpha value is -2.66. The van der Waals surface area contributed by atoms with Crippen LogP contribution < -0.4 is 15.2 Å². The average Bonchev–Trinajstić information content (AvgIpc) is 2.76. The van der Waals surface area contributed by atoms with Crippen LogP contribution in [0.4, 0.5) is 5.69 Å². The average molecular weight is 509 g/mol. The van der Waals surface area contributed by atoms with E-state index in [9.17, 15) is 13.2 Å². The molecule has 0 amide bonds. The lowest BCUT2D eigenvalue weighted by molar-refractivity contribution is -0.169. The summed E-state index contributed by atoms with van der Waals surface area (Å²) in [6.45, 7) is 9.36. The second-order valence-electron chi connectivity index (χ2n) is 8.78. The number of ether oxygens (including phenoxy) is 4. The number of nitrogens with one attached hydrogen (secondary N) is 1. The summed E-state index contributed by atoms with van der Waals surface area (Å²) in [7, 11) is -4.18. The summed E-state index contributed by atoms with van der Waals surface area (Å²) in [5.41, 5.74) is 6.37. The van der Waals surface area contributed by atoms with Crippen LogP contribution in [0, 0.1) is 0 Å². The molecular weight excluding hydrogens is 472 g/mol. The molecule has 0 aliphatic carbocycles. The fraction of sp³-hybridized carbons (Fsp3) is 0.480. The van der Waals surface area contributed by atoms with Crippen LogP contribution in [0.1, 0.15) is 46.6 Å². The lowest BCUT2D eigenvalue weighted by atomic mass is 10.1. The van der Waals surface area contributed by atoms with E-state index >= 15 is 0 Å². The second kappa shape index (κ2) is 12.9. The molecule has 0 aliphatic heterocycles. The molecular formula is C25H36N2O7S. The molecule has 0 aliphatic rings. The van der Waals surface area contributed by atoms with Crippen molar-refractivity contribution in [1.82, 2.24) is 4.72 Å². The summed E-state index contributed by atoms with van der Waals surface area (Å²) in [6, 6.07) is 12.6. The number of anilines is 1. The molecule has 0 saturated heterocycles. The van der Waals surface area contributed by atoms with Crippen molar-refractivity contribution in [3.05, 3.63) is 54.1 Å². The Labute approximate surface area is 207 Å². The predicted molar refractivity (Wildman–Crippen MR) is 133 cm³/mol. The molecule has 2 aromatic carbocycles. The number of hydrogen-bond acceptors (Lipinski definition) is 8. The van der Waals surface area contributed by atoms with Gasteiger partial charge in [-0.1, -0.05) is 30.3 Å². The van der Waals surface area contributed by atoms with E-state index in [1.807, 2.05) is 30.3 Å². The second-order valence-corrected chi connectivity index (χ2v) is 10.5. The van der Waals surface area contributed by atoms with E-state index in [4.69, 9.17) is 24.7 Å². The van der Waals surface area contributed by atoms with Crippen molar-refractivity contribution in [2.75, 3.05) is 18.9 Å². The molecule has 0 fully saturated rings. The fourth-order valence-corrected chi connectivity index (χ4v) is 4.57. The number of benzene rings is 2. The number of carbonyl (C=O) groups is 1. The van der Waals surface area contributed by atoms with Crippen LogP contribution in [0.25, 0.3) is 0 Å². The van der Waals surface area contributed by atoms with Crippen molar-refractivity contribution >= 4 is 21.7 Å². The van der Waals surface area contributed by atoms with E-state index in [1.54, 1.807) is 34.6 Å². The molecule has 0 heterocycles. The van der Waals surface area contributed by atoms with Crippen LogP contribution in [-0.2, 0) is 35.6 Å². The number of sulfonamides is 1. The predicted octanol–water partition coefficient (Wildman–Crippen LogP) is 3.63. The van der Waals surface area contributed by atoms with Crippen molar-refractivity contribution < 1.29 is 32.2 Å². The molecule has 2 aromatic rings. The number of esters is 1. The van der Waals surface area contributed by atoms with Gasteiger partial charge in [0.2, 0.25) is 10.0 Å². The van der Waals surface area contributed by atoms with Crippen molar-refractivity contribution in [3.63, 3.8) is 0 Å². The van der Waals surface area contributed by atoms with E-state index in [-0.39, 0.29) is 36.9 Å². The standard InChI is InChI=1S/C25H36N2O7S/c1-6-31-24(32-7-2)20(16-23(28)34-25(3,4)5)27-35(29,30)22-14-13-19(26)15-21(22)33-17-18-11-9-8-10-12-18/h8-15,20,24,27H,6-7,16-17,26H2,1-5H3. The summed E-state index contributed by atoms with van der Waals surface area (Å²) >= 11 is 0. The van der Waals surface area contributed by atoms with Crippen LogP contribution >= 0.6 is 0 Å². The summed E-state index contributed by atoms with van der Waals surface area (Å²) < 4.78 is 51.9. The summed E-state index contributed by atoms with van der Waals surface area (Å²) in [5, 5.41) is 0. The van der Waals surface area contributed by atoms with Gasteiger partial charge >= 0.3 is 5.97 Å². The lowest BCUT2D eigenvalue weighted by Crippen LogP contribution is -2.47. The number of nitrogen functional groups attached to an aromatic ring is 1. The third-order valence-corrected chi connectivity index (χ3v) is 6.13. The summed E-state index contributed by atoms with van der Waals surface area (Å²) in [6.07, 6.45) is -1.30. The van der Waals surface area contributed by atoms with Gasteiger partial charge < -0.3 is 24.7 Å². The molecule has 2 rings (SSSR count). The maximum Gasteiger partial charge on any atom is 0.308 e. The highest BCUT2D eigenvalue weighted by Gasteiger charge is 2.33. The van der Waals surface area contributed by atoms with Crippen LogP contribution in [0.15, 0.2) is 53.4 Å². The maximum atomic E-state index is 13.5. The molecule has 1 atom stereocenters. The lowest BCUT2D eigenvalue weighted by Gasteiger charge is -2.28. The van der Waals surface area contributed by atoms with Gasteiger partial charge in [0, 0.05) is 25.0 Å². The molecule has 3 N–H and O–H groups in total. The Kier molecular flexibility index (Phi) is 10.5.